The van der Waals surface area contributed by atoms with Crippen molar-refractivity contribution in [2.75, 3.05) is 11.9 Å². The first-order valence-electron chi connectivity index (χ1n) is 5.44. The first-order valence-corrected chi connectivity index (χ1v) is 5.44. The zero-order valence-corrected chi connectivity index (χ0v) is 10.3. The number of nitrogens with zero attached hydrogens (tertiary/aromatic N) is 2. The Labute approximate surface area is 105 Å². The molecule has 6 nitrogen and oxygen atoms in total. The molecule has 0 bridgehead atoms. The van der Waals surface area contributed by atoms with Crippen molar-refractivity contribution in [2.45, 2.75) is 13.8 Å². The van der Waals surface area contributed by atoms with Crippen LogP contribution in [0.15, 0.2) is 40.6 Å². The van der Waals surface area contributed by atoms with Crippen LogP contribution in [-0.2, 0) is 4.79 Å². The molecule has 3 N–H and O–H groups in total. The Balaban J connectivity index is 2.39. The first-order chi connectivity index (χ1) is 8.63. The molecule has 0 saturated carbocycles. The van der Waals surface area contributed by atoms with Gasteiger partial charge in [-0.25, -0.2) is 5.43 Å². The van der Waals surface area contributed by atoms with Crippen LogP contribution in [0.2, 0.25) is 0 Å². The minimum Gasteiger partial charge on any atom is -0.411 e. The highest BCUT2D eigenvalue weighted by atomic mass is 16.4. The fraction of sp³-hybridized carbons (Fsp3) is 0.250. The maximum absolute atomic E-state index is 11.4. The van der Waals surface area contributed by atoms with Gasteiger partial charge < -0.3 is 10.5 Å². The highest BCUT2D eigenvalue weighted by Gasteiger charge is 2.01. The number of benzene rings is 1. The molecule has 0 heterocycles. The zero-order valence-electron chi connectivity index (χ0n) is 10.3. The third kappa shape index (κ3) is 4.65. The molecule has 0 spiro atoms. The molecule has 0 unspecified atom stereocenters. The molecule has 96 valence electrons. The van der Waals surface area contributed by atoms with Gasteiger partial charge in [-0.05, 0) is 26.0 Å². The second-order valence-electron chi connectivity index (χ2n) is 3.64. The lowest BCUT2D eigenvalue weighted by Crippen LogP contribution is -2.27. The number of para-hydroxylation sites is 1. The summed E-state index contributed by atoms with van der Waals surface area (Å²) in [7, 11) is 0. The largest absolute Gasteiger partial charge is 0.411 e. The second kappa shape index (κ2) is 7.05. The summed E-state index contributed by atoms with van der Waals surface area (Å²) in [5, 5.41) is 18.2. The molecule has 0 fully saturated rings. The van der Waals surface area contributed by atoms with E-state index in [1.54, 1.807) is 13.8 Å². The molecule has 0 saturated heterocycles. The molecule has 0 aliphatic carbocycles. The van der Waals surface area contributed by atoms with Crippen LogP contribution < -0.4 is 10.7 Å². The third-order valence-electron chi connectivity index (χ3n) is 2.25. The number of carbonyl (C=O) groups excluding carboxylic acids is 1. The molecule has 1 rings (SSSR count). The predicted molar refractivity (Wildman–Crippen MR) is 71.1 cm³/mol. The Bertz CT molecular complexity index is 454. The lowest BCUT2D eigenvalue weighted by molar-refractivity contribution is -0.119. The number of hydrazone groups is 1. The highest BCUT2D eigenvalue weighted by molar-refractivity contribution is 6.40. The lowest BCUT2D eigenvalue weighted by Gasteiger charge is -2.05. The molecule has 0 atom stereocenters. The summed E-state index contributed by atoms with van der Waals surface area (Å²) in [5.41, 5.74) is 4.03. The zero-order chi connectivity index (χ0) is 13.4. The predicted octanol–water partition coefficient (Wildman–Crippen LogP) is 1.44. The van der Waals surface area contributed by atoms with Crippen LogP contribution in [0.4, 0.5) is 5.69 Å². The topological polar surface area (TPSA) is 86.1 Å². The third-order valence-corrected chi connectivity index (χ3v) is 2.25. The Morgan fingerprint density at radius 2 is 1.89 bits per heavy atom. The van der Waals surface area contributed by atoms with E-state index < -0.39 is 0 Å². The molecule has 0 radical (unpaired) electrons. The van der Waals surface area contributed by atoms with Crippen molar-refractivity contribution in [2.24, 2.45) is 10.3 Å². The van der Waals surface area contributed by atoms with Crippen LogP contribution in [0.3, 0.4) is 0 Å². The molecular weight excluding hydrogens is 232 g/mol. The van der Waals surface area contributed by atoms with E-state index in [2.05, 4.69) is 21.0 Å². The second-order valence-corrected chi connectivity index (χ2v) is 3.64. The fourth-order valence-electron chi connectivity index (χ4n) is 1.08. The monoisotopic (exact) mass is 248 g/mol. The maximum Gasteiger partial charge on any atom is 0.259 e. The minimum absolute atomic E-state index is 0.121. The summed E-state index contributed by atoms with van der Waals surface area (Å²) < 4.78 is 0. The van der Waals surface area contributed by atoms with Crippen molar-refractivity contribution in [1.29, 1.82) is 0 Å². The fourth-order valence-corrected chi connectivity index (χ4v) is 1.08. The summed E-state index contributed by atoms with van der Waals surface area (Å²) in [6.07, 6.45) is 0. The Kier molecular flexibility index (Phi) is 5.37. The smallest absolute Gasteiger partial charge is 0.259 e. The summed E-state index contributed by atoms with van der Waals surface area (Å²) >= 11 is 0. The van der Waals surface area contributed by atoms with Crippen molar-refractivity contribution in [1.82, 2.24) is 5.43 Å². The van der Waals surface area contributed by atoms with Gasteiger partial charge in [0, 0.05) is 5.69 Å². The van der Waals surface area contributed by atoms with Gasteiger partial charge in [-0.15, -0.1) is 0 Å². The Morgan fingerprint density at radius 3 is 2.50 bits per heavy atom. The molecule has 6 heteroatoms. The number of hydrogen-bond donors (Lipinski definition) is 3. The Morgan fingerprint density at radius 1 is 1.22 bits per heavy atom. The molecule has 1 amide bonds. The van der Waals surface area contributed by atoms with Crippen LogP contribution in [0.5, 0.6) is 0 Å². The molecular formula is C12H16N4O2. The quantitative estimate of drug-likeness (QED) is 0.418. The number of nitrogens with one attached hydrogen (secondary N) is 2. The van der Waals surface area contributed by atoms with E-state index in [0.29, 0.717) is 11.4 Å². The van der Waals surface area contributed by atoms with Crippen molar-refractivity contribution >= 4 is 23.0 Å². The highest BCUT2D eigenvalue weighted by Crippen LogP contribution is 2.03. The van der Waals surface area contributed by atoms with Crippen LogP contribution in [0.25, 0.3) is 0 Å². The van der Waals surface area contributed by atoms with Crippen LogP contribution in [0.1, 0.15) is 13.8 Å². The van der Waals surface area contributed by atoms with Gasteiger partial charge >= 0.3 is 0 Å². The van der Waals surface area contributed by atoms with E-state index in [1.165, 1.54) is 0 Å². The lowest BCUT2D eigenvalue weighted by atomic mass is 10.3. The van der Waals surface area contributed by atoms with Gasteiger partial charge in [0.25, 0.3) is 5.91 Å². The molecule has 0 aliphatic heterocycles. The van der Waals surface area contributed by atoms with Crippen LogP contribution >= 0.6 is 0 Å². The normalized spacial score (nSPS) is 12.1. The van der Waals surface area contributed by atoms with Gasteiger partial charge in [0.05, 0.1) is 18.0 Å². The van der Waals surface area contributed by atoms with Gasteiger partial charge in [-0.2, -0.15) is 5.10 Å². The molecule has 0 aliphatic rings. The number of rotatable bonds is 5. The van der Waals surface area contributed by atoms with E-state index in [-0.39, 0.29) is 12.5 Å². The van der Waals surface area contributed by atoms with Gasteiger partial charge in [-0.1, -0.05) is 23.4 Å². The molecule has 1 aromatic carbocycles. The average Bonchev–Trinajstić information content (AvgIpc) is 2.42. The number of amides is 1. The number of hydrogen-bond acceptors (Lipinski definition) is 5. The van der Waals surface area contributed by atoms with E-state index >= 15 is 0 Å². The van der Waals surface area contributed by atoms with E-state index in [4.69, 9.17) is 5.21 Å². The molecule has 1 aromatic rings. The van der Waals surface area contributed by atoms with Crippen molar-refractivity contribution in [3.05, 3.63) is 30.3 Å². The van der Waals surface area contributed by atoms with Gasteiger partial charge in [0.15, 0.2) is 0 Å². The van der Waals surface area contributed by atoms with Crippen molar-refractivity contribution < 1.29 is 10.0 Å². The van der Waals surface area contributed by atoms with E-state index in [1.807, 2.05) is 30.3 Å². The summed E-state index contributed by atoms with van der Waals surface area (Å²) in [5.74, 6) is -0.274. The van der Waals surface area contributed by atoms with Gasteiger partial charge in [0.2, 0.25) is 0 Å². The average molecular weight is 248 g/mol. The molecule has 0 aromatic heterocycles. The maximum atomic E-state index is 11.4. The summed E-state index contributed by atoms with van der Waals surface area (Å²) in [6.45, 7) is 3.35. The summed E-state index contributed by atoms with van der Waals surface area (Å²) in [4.78, 5) is 11.4. The number of carbonyl (C=O) groups is 1. The van der Waals surface area contributed by atoms with E-state index in [9.17, 15) is 4.79 Å². The number of anilines is 1. The van der Waals surface area contributed by atoms with Crippen LogP contribution in [0, 0.1) is 0 Å². The minimum atomic E-state index is -0.274. The van der Waals surface area contributed by atoms with Crippen molar-refractivity contribution in [3.63, 3.8) is 0 Å². The van der Waals surface area contributed by atoms with Crippen LogP contribution in [-0.4, -0.2) is 29.1 Å². The molecule has 18 heavy (non-hydrogen) atoms. The first kappa shape index (κ1) is 13.7. The SMILES string of the molecule is CC(=N/NC(=O)CNc1ccccc1)/C(C)=N/O. The summed E-state index contributed by atoms with van der Waals surface area (Å²) in [6, 6.07) is 9.39. The standard InChI is InChI=1S/C12H16N4O2/c1-9(10(2)16-18)14-15-12(17)8-13-11-6-4-3-5-7-11/h3-7,13,18H,8H2,1-2H3,(H,15,17)/b14-9-,16-10+. The Hall–Kier alpha value is -2.37. The van der Waals surface area contributed by atoms with Gasteiger partial charge in [-0.3, -0.25) is 4.79 Å². The van der Waals surface area contributed by atoms with Gasteiger partial charge in [0.1, 0.15) is 0 Å². The van der Waals surface area contributed by atoms with E-state index in [0.717, 1.165) is 5.69 Å². The number of oxime groups is 1. The van der Waals surface area contributed by atoms with Crippen molar-refractivity contribution in [3.8, 4) is 0 Å².